The lowest BCUT2D eigenvalue weighted by atomic mass is 10.2. The second-order valence-electron chi connectivity index (χ2n) is 3.23. The van der Waals surface area contributed by atoms with E-state index in [1.165, 1.54) is 5.56 Å². The van der Waals surface area contributed by atoms with Crippen molar-refractivity contribution in [2.45, 2.75) is 6.10 Å². The molecule has 1 aliphatic rings. The molecule has 76 valence electrons. The molecular formula is C11H14O3. The molecule has 0 N–H and O–H groups in total. The van der Waals surface area contributed by atoms with Crippen molar-refractivity contribution in [3.63, 3.8) is 0 Å². The zero-order valence-corrected chi connectivity index (χ0v) is 8.23. The zero-order valence-electron chi connectivity index (χ0n) is 8.23. The van der Waals surface area contributed by atoms with Gasteiger partial charge in [-0.05, 0) is 17.7 Å². The summed E-state index contributed by atoms with van der Waals surface area (Å²) in [6.45, 7) is 2.06. The first kappa shape index (κ1) is 9.49. The second kappa shape index (κ2) is 4.44. The van der Waals surface area contributed by atoms with Crippen LogP contribution < -0.4 is 4.74 Å². The highest BCUT2D eigenvalue weighted by molar-refractivity contribution is 5.29. The molecule has 0 saturated carbocycles. The Bertz CT molecular complexity index is 277. The molecule has 0 amide bonds. The van der Waals surface area contributed by atoms with Crippen molar-refractivity contribution < 1.29 is 14.2 Å². The summed E-state index contributed by atoms with van der Waals surface area (Å²) in [6.07, 6.45) is 0.322. The molecule has 1 aliphatic heterocycles. The molecule has 1 aromatic rings. The third kappa shape index (κ3) is 2.47. The average molecular weight is 194 g/mol. The molecule has 0 spiro atoms. The van der Waals surface area contributed by atoms with Gasteiger partial charge in [-0.3, -0.25) is 0 Å². The fraction of sp³-hybridized carbons (Fsp3) is 0.455. The van der Waals surface area contributed by atoms with Crippen LogP contribution in [0.25, 0.3) is 0 Å². The molecule has 0 aromatic heterocycles. The van der Waals surface area contributed by atoms with Crippen LogP contribution in [0.4, 0.5) is 0 Å². The molecule has 1 aromatic carbocycles. The van der Waals surface area contributed by atoms with E-state index in [-0.39, 0.29) is 0 Å². The largest absolute Gasteiger partial charge is 0.491 e. The summed E-state index contributed by atoms with van der Waals surface area (Å²) in [4.78, 5) is 0. The standard InChI is InChI=1S/C11H14O3/c1-12-6-7-13-10-4-2-9(3-5-10)11-8-14-11/h2-5,11H,6-8H2,1H3/t11-/m0/s1. The molecule has 1 saturated heterocycles. The Balaban J connectivity index is 1.86. The minimum Gasteiger partial charge on any atom is -0.491 e. The quantitative estimate of drug-likeness (QED) is 0.529. The van der Waals surface area contributed by atoms with Gasteiger partial charge in [-0.15, -0.1) is 0 Å². The van der Waals surface area contributed by atoms with Crippen molar-refractivity contribution in [1.29, 1.82) is 0 Å². The molecule has 0 unspecified atom stereocenters. The molecular weight excluding hydrogens is 180 g/mol. The molecule has 1 fully saturated rings. The van der Waals surface area contributed by atoms with E-state index in [0.717, 1.165) is 12.4 Å². The van der Waals surface area contributed by atoms with Gasteiger partial charge in [-0.25, -0.2) is 0 Å². The fourth-order valence-electron chi connectivity index (χ4n) is 1.26. The van der Waals surface area contributed by atoms with Gasteiger partial charge in [-0.2, -0.15) is 0 Å². The van der Waals surface area contributed by atoms with Gasteiger partial charge >= 0.3 is 0 Å². The van der Waals surface area contributed by atoms with E-state index in [1.807, 2.05) is 24.3 Å². The van der Waals surface area contributed by atoms with Gasteiger partial charge < -0.3 is 14.2 Å². The first-order valence-electron chi connectivity index (χ1n) is 4.73. The topological polar surface area (TPSA) is 31.0 Å². The number of benzene rings is 1. The first-order chi connectivity index (χ1) is 6.90. The Labute approximate surface area is 83.6 Å². The van der Waals surface area contributed by atoms with Crippen molar-refractivity contribution in [2.24, 2.45) is 0 Å². The fourth-order valence-corrected chi connectivity index (χ4v) is 1.26. The van der Waals surface area contributed by atoms with E-state index in [4.69, 9.17) is 14.2 Å². The maximum Gasteiger partial charge on any atom is 0.119 e. The minimum atomic E-state index is 0.322. The van der Waals surface area contributed by atoms with Gasteiger partial charge in [-0.1, -0.05) is 12.1 Å². The zero-order chi connectivity index (χ0) is 9.80. The Morgan fingerprint density at radius 2 is 2.00 bits per heavy atom. The third-order valence-electron chi connectivity index (χ3n) is 2.14. The van der Waals surface area contributed by atoms with Crippen LogP contribution in [0.5, 0.6) is 5.75 Å². The van der Waals surface area contributed by atoms with E-state index in [1.54, 1.807) is 7.11 Å². The monoisotopic (exact) mass is 194 g/mol. The summed E-state index contributed by atoms with van der Waals surface area (Å²) in [5, 5.41) is 0. The van der Waals surface area contributed by atoms with Gasteiger partial charge in [0.25, 0.3) is 0 Å². The van der Waals surface area contributed by atoms with E-state index in [9.17, 15) is 0 Å². The molecule has 0 aliphatic carbocycles. The molecule has 3 heteroatoms. The number of epoxide rings is 1. The maximum atomic E-state index is 5.44. The van der Waals surface area contributed by atoms with Crippen LogP contribution in [0, 0.1) is 0 Å². The first-order valence-corrected chi connectivity index (χ1v) is 4.73. The van der Waals surface area contributed by atoms with E-state index in [0.29, 0.717) is 19.3 Å². The molecule has 14 heavy (non-hydrogen) atoms. The lowest BCUT2D eigenvalue weighted by molar-refractivity contribution is 0.146. The lowest BCUT2D eigenvalue weighted by Gasteiger charge is -2.05. The van der Waals surface area contributed by atoms with E-state index < -0.39 is 0 Å². The summed E-state index contributed by atoms with van der Waals surface area (Å²) < 4.78 is 15.5. The number of hydrogen-bond acceptors (Lipinski definition) is 3. The van der Waals surface area contributed by atoms with Gasteiger partial charge in [0.1, 0.15) is 18.5 Å². The highest BCUT2D eigenvalue weighted by atomic mass is 16.6. The van der Waals surface area contributed by atoms with Gasteiger partial charge in [0.2, 0.25) is 0 Å². The van der Waals surface area contributed by atoms with Crippen LogP contribution in [0.1, 0.15) is 11.7 Å². The number of methoxy groups -OCH3 is 1. The molecule has 0 radical (unpaired) electrons. The molecule has 2 rings (SSSR count). The highest BCUT2D eigenvalue weighted by Gasteiger charge is 2.24. The van der Waals surface area contributed by atoms with E-state index in [2.05, 4.69) is 0 Å². The SMILES string of the molecule is COCCOc1ccc([C@@H]2CO2)cc1. The van der Waals surface area contributed by atoms with Gasteiger partial charge in [0.05, 0.1) is 13.2 Å². The van der Waals surface area contributed by atoms with Crippen LogP contribution in [-0.2, 0) is 9.47 Å². The van der Waals surface area contributed by atoms with Crippen LogP contribution in [0.15, 0.2) is 24.3 Å². The summed E-state index contributed by atoms with van der Waals surface area (Å²) in [5.74, 6) is 0.881. The number of hydrogen-bond donors (Lipinski definition) is 0. The van der Waals surface area contributed by atoms with Crippen LogP contribution in [0.3, 0.4) is 0 Å². The molecule has 0 bridgehead atoms. The third-order valence-corrected chi connectivity index (χ3v) is 2.14. The smallest absolute Gasteiger partial charge is 0.119 e. The predicted octanol–water partition coefficient (Wildman–Crippen LogP) is 1.78. The summed E-state index contributed by atoms with van der Waals surface area (Å²) >= 11 is 0. The highest BCUT2D eigenvalue weighted by Crippen LogP contribution is 2.30. The van der Waals surface area contributed by atoms with E-state index >= 15 is 0 Å². The Morgan fingerprint density at radius 3 is 2.57 bits per heavy atom. The molecule has 1 atom stereocenters. The van der Waals surface area contributed by atoms with Crippen molar-refractivity contribution in [1.82, 2.24) is 0 Å². The summed E-state index contributed by atoms with van der Waals surface area (Å²) in [6, 6.07) is 8.01. The normalized spacial score (nSPS) is 19.4. The maximum absolute atomic E-state index is 5.44. The van der Waals surface area contributed by atoms with Gasteiger partial charge in [0, 0.05) is 7.11 Å². The molecule has 3 nitrogen and oxygen atoms in total. The number of ether oxygens (including phenoxy) is 3. The second-order valence-corrected chi connectivity index (χ2v) is 3.23. The van der Waals surface area contributed by atoms with Crippen LogP contribution >= 0.6 is 0 Å². The van der Waals surface area contributed by atoms with Crippen molar-refractivity contribution >= 4 is 0 Å². The van der Waals surface area contributed by atoms with Crippen molar-refractivity contribution in [3.05, 3.63) is 29.8 Å². The minimum absolute atomic E-state index is 0.322. The Morgan fingerprint density at radius 1 is 1.29 bits per heavy atom. The average Bonchev–Trinajstić information content (AvgIpc) is 3.03. The summed E-state index contributed by atoms with van der Waals surface area (Å²) in [5.41, 5.74) is 1.23. The van der Waals surface area contributed by atoms with Crippen molar-refractivity contribution in [3.8, 4) is 5.75 Å². The lowest BCUT2D eigenvalue weighted by Crippen LogP contribution is -2.03. The predicted molar refractivity (Wildman–Crippen MR) is 52.5 cm³/mol. The molecule has 1 heterocycles. The Hall–Kier alpha value is -1.06. The van der Waals surface area contributed by atoms with Crippen LogP contribution in [0.2, 0.25) is 0 Å². The Kier molecular flexibility index (Phi) is 3.01. The van der Waals surface area contributed by atoms with Crippen molar-refractivity contribution in [2.75, 3.05) is 26.9 Å². The van der Waals surface area contributed by atoms with Gasteiger partial charge in [0.15, 0.2) is 0 Å². The number of rotatable bonds is 5. The van der Waals surface area contributed by atoms with Crippen LogP contribution in [-0.4, -0.2) is 26.9 Å². The summed E-state index contributed by atoms with van der Waals surface area (Å²) in [7, 11) is 1.66.